The summed E-state index contributed by atoms with van der Waals surface area (Å²) in [5.74, 6) is 0.0270. The lowest BCUT2D eigenvalue weighted by Gasteiger charge is -2.35. The van der Waals surface area contributed by atoms with Gasteiger partial charge in [-0.2, -0.15) is 5.10 Å². The molecule has 5 nitrogen and oxygen atoms in total. The number of carbonyl (C=O) groups is 1. The highest BCUT2D eigenvalue weighted by Crippen LogP contribution is 2.17. The molecule has 21 heavy (non-hydrogen) atoms. The van der Waals surface area contributed by atoms with E-state index in [9.17, 15) is 4.79 Å². The average molecular weight is 284 g/mol. The lowest BCUT2D eigenvalue weighted by molar-refractivity contribution is 0.0740. The molecular weight excluding hydrogens is 264 g/mol. The van der Waals surface area contributed by atoms with Gasteiger partial charge in [-0.1, -0.05) is 17.7 Å². The molecule has 1 aromatic carbocycles. The Morgan fingerprint density at radius 2 is 1.71 bits per heavy atom. The maximum absolute atomic E-state index is 12.3. The number of nitrogens with zero attached hydrogens (tertiary/aromatic N) is 4. The Kier molecular flexibility index (Phi) is 3.64. The zero-order valence-corrected chi connectivity index (χ0v) is 12.5. The second-order valence-corrected chi connectivity index (χ2v) is 5.49. The van der Waals surface area contributed by atoms with E-state index in [4.69, 9.17) is 0 Å². The molecule has 1 aliphatic rings. The maximum atomic E-state index is 12.3. The second kappa shape index (κ2) is 5.60. The molecule has 0 saturated carbocycles. The zero-order valence-electron chi connectivity index (χ0n) is 12.5. The average Bonchev–Trinajstić information content (AvgIpc) is 2.94. The van der Waals surface area contributed by atoms with Gasteiger partial charge in [0.25, 0.3) is 5.91 Å². The Balaban J connectivity index is 1.62. The van der Waals surface area contributed by atoms with Gasteiger partial charge in [-0.25, -0.2) is 0 Å². The summed E-state index contributed by atoms with van der Waals surface area (Å²) in [6, 6.07) is 10.3. The summed E-state index contributed by atoms with van der Waals surface area (Å²) < 4.78 is 1.66. The van der Waals surface area contributed by atoms with Gasteiger partial charge in [-0.15, -0.1) is 0 Å². The van der Waals surface area contributed by atoms with Crippen LogP contribution < -0.4 is 4.90 Å². The number of anilines is 1. The largest absolute Gasteiger partial charge is 0.368 e. The predicted octanol–water partition coefficient (Wildman–Crippen LogP) is 1.69. The number of hydrogen-bond donors (Lipinski definition) is 0. The number of piperazine rings is 1. The van der Waals surface area contributed by atoms with Gasteiger partial charge in [0.15, 0.2) is 0 Å². The van der Waals surface area contributed by atoms with Crippen molar-refractivity contribution in [1.29, 1.82) is 0 Å². The lowest BCUT2D eigenvalue weighted by atomic mass is 10.2. The third-order valence-corrected chi connectivity index (χ3v) is 3.90. The van der Waals surface area contributed by atoms with E-state index in [1.165, 1.54) is 11.3 Å². The first kappa shape index (κ1) is 13.7. The molecular formula is C16H20N4O. The summed E-state index contributed by atoms with van der Waals surface area (Å²) in [7, 11) is 1.83. The third-order valence-electron chi connectivity index (χ3n) is 3.90. The first-order valence-corrected chi connectivity index (χ1v) is 7.24. The molecule has 1 amide bonds. The van der Waals surface area contributed by atoms with Crippen molar-refractivity contribution in [2.75, 3.05) is 31.1 Å². The van der Waals surface area contributed by atoms with Crippen LogP contribution in [0.3, 0.4) is 0 Å². The van der Waals surface area contributed by atoms with Crippen LogP contribution in [0, 0.1) is 6.92 Å². The molecule has 110 valence electrons. The smallest absolute Gasteiger partial charge is 0.274 e. The van der Waals surface area contributed by atoms with Gasteiger partial charge in [0.2, 0.25) is 0 Å². The van der Waals surface area contributed by atoms with Gasteiger partial charge >= 0.3 is 0 Å². The Labute approximate surface area is 124 Å². The molecule has 0 radical (unpaired) electrons. The van der Waals surface area contributed by atoms with Gasteiger partial charge in [0, 0.05) is 45.1 Å². The maximum Gasteiger partial charge on any atom is 0.274 e. The van der Waals surface area contributed by atoms with Crippen molar-refractivity contribution >= 4 is 11.6 Å². The van der Waals surface area contributed by atoms with Gasteiger partial charge in [-0.05, 0) is 25.1 Å². The van der Waals surface area contributed by atoms with Crippen molar-refractivity contribution in [1.82, 2.24) is 14.7 Å². The highest BCUT2D eigenvalue weighted by Gasteiger charge is 2.23. The molecule has 0 bridgehead atoms. The molecule has 0 unspecified atom stereocenters. The Morgan fingerprint density at radius 1 is 1.05 bits per heavy atom. The molecule has 5 heteroatoms. The first-order chi connectivity index (χ1) is 10.1. The third kappa shape index (κ3) is 2.91. The van der Waals surface area contributed by atoms with Crippen LogP contribution >= 0.6 is 0 Å². The Hall–Kier alpha value is -2.30. The number of benzene rings is 1. The van der Waals surface area contributed by atoms with Crippen LogP contribution in [0.1, 0.15) is 16.1 Å². The van der Waals surface area contributed by atoms with Crippen molar-refractivity contribution in [2.45, 2.75) is 6.92 Å². The van der Waals surface area contributed by atoms with Crippen molar-refractivity contribution in [3.63, 3.8) is 0 Å². The fourth-order valence-corrected chi connectivity index (χ4v) is 2.61. The normalized spacial score (nSPS) is 15.3. The van der Waals surface area contributed by atoms with E-state index in [-0.39, 0.29) is 5.91 Å². The minimum absolute atomic E-state index is 0.0270. The predicted molar refractivity (Wildman–Crippen MR) is 82.5 cm³/mol. The van der Waals surface area contributed by atoms with E-state index in [1.54, 1.807) is 16.9 Å². The highest BCUT2D eigenvalue weighted by molar-refractivity contribution is 5.92. The molecule has 0 aliphatic carbocycles. The summed E-state index contributed by atoms with van der Waals surface area (Å²) >= 11 is 0. The van der Waals surface area contributed by atoms with E-state index in [2.05, 4.69) is 41.2 Å². The van der Waals surface area contributed by atoms with Crippen LogP contribution in [0.4, 0.5) is 5.69 Å². The van der Waals surface area contributed by atoms with Crippen molar-refractivity contribution in [2.24, 2.45) is 7.05 Å². The van der Waals surface area contributed by atoms with Gasteiger partial charge in [0.1, 0.15) is 5.69 Å². The number of amides is 1. The molecule has 2 heterocycles. The SMILES string of the molecule is Cc1ccc(N2CCN(C(=O)c3ccn(C)n3)CC2)cc1. The van der Waals surface area contributed by atoms with E-state index in [1.807, 2.05) is 11.9 Å². The molecule has 1 saturated heterocycles. The number of hydrogen-bond acceptors (Lipinski definition) is 3. The topological polar surface area (TPSA) is 41.4 Å². The number of aryl methyl sites for hydroxylation is 2. The van der Waals surface area contributed by atoms with Gasteiger partial charge in [0.05, 0.1) is 0 Å². The van der Waals surface area contributed by atoms with Crippen LogP contribution in [0.2, 0.25) is 0 Å². The molecule has 0 atom stereocenters. The standard InChI is InChI=1S/C16H20N4O/c1-13-3-5-14(6-4-13)19-9-11-20(12-10-19)16(21)15-7-8-18(2)17-15/h3-8H,9-12H2,1-2H3. The number of aromatic nitrogens is 2. The fraction of sp³-hybridized carbons (Fsp3) is 0.375. The molecule has 1 aliphatic heterocycles. The van der Waals surface area contributed by atoms with Crippen LogP contribution in [-0.4, -0.2) is 46.8 Å². The summed E-state index contributed by atoms with van der Waals surface area (Å²) in [4.78, 5) is 16.5. The fourth-order valence-electron chi connectivity index (χ4n) is 2.61. The van der Waals surface area contributed by atoms with E-state index >= 15 is 0 Å². The molecule has 1 fully saturated rings. The van der Waals surface area contributed by atoms with Crippen LogP contribution in [0.25, 0.3) is 0 Å². The Morgan fingerprint density at radius 3 is 2.29 bits per heavy atom. The molecule has 0 spiro atoms. The summed E-state index contributed by atoms with van der Waals surface area (Å²) in [6.07, 6.45) is 1.80. The van der Waals surface area contributed by atoms with Crippen molar-refractivity contribution in [3.05, 3.63) is 47.8 Å². The van der Waals surface area contributed by atoms with Gasteiger partial charge < -0.3 is 9.80 Å². The first-order valence-electron chi connectivity index (χ1n) is 7.24. The summed E-state index contributed by atoms with van der Waals surface area (Å²) in [6.45, 7) is 5.29. The minimum atomic E-state index is 0.0270. The molecule has 0 N–H and O–H groups in total. The number of carbonyl (C=O) groups excluding carboxylic acids is 1. The quantitative estimate of drug-likeness (QED) is 0.842. The highest BCUT2D eigenvalue weighted by atomic mass is 16.2. The van der Waals surface area contributed by atoms with E-state index in [0.29, 0.717) is 5.69 Å². The van der Waals surface area contributed by atoms with Gasteiger partial charge in [-0.3, -0.25) is 9.48 Å². The number of rotatable bonds is 2. The minimum Gasteiger partial charge on any atom is -0.368 e. The second-order valence-electron chi connectivity index (χ2n) is 5.49. The molecule has 2 aromatic rings. The van der Waals surface area contributed by atoms with Crippen molar-refractivity contribution < 1.29 is 4.79 Å². The lowest BCUT2D eigenvalue weighted by Crippen LogP contribution is -2.48. The molecule has 1 aromatic heterocycles. The van der Waals surface area contributed by atoms with E-state index in [0.717, 1.165) is 26.2 Å². The van der Waals surface area contributed by atoms with Crippen LogP contribution in [-0.2, 0) is 7.05 Å². The Bertz CT molecular complexity index is 624. The van der Waals surface area contributed by atoms with Crippen LogP contribution in [0.5, 0.6) is 0 Å². The van der Waals surface area contributed by atoms with Crippen molar-refractivity contribution in [3.8, 4) is 0 Å². The van der Waals surface area contributed by atoms with Crippen LogP contribution in [0.15, 0.2) is 36.5 Å². The zero-order chi connectivity index (χ0) is 14.8. The summed E-state index contributed by atoms with van der Waals surface area (Å²) in [5, 5.41) is 4.18. The monoisotopic (exact) mass is 284 g/mol. The van der Waals surface area contributed by atoms with E-state index < -0.39 is 0 Å². The summed E-state index contributed by atoms with van der Waals surface area (Å²) in [5.41, 5.74) is 3.02. The molecule has 3 rings (SSSR count).